The second-order valence-corrected chi connectivity index (χ2v) is 9.39. The van der Waals surface area contributed by atoms with Crippen molar-refractivity contribution in [1.29, 1.82) is 0 Å². The summed E-state index contributed by atoms with van der Waals surface area (Å²) in [4.78, 5) is 23.3. The third-order valence-corrected chi connectivity index (χ3v) is 7.13. The molecule has 29 heavy (non-hydrogen) atoms. The summed E-state index contributed by atoms with van der Waals surface area (Å²) in [7, 11) is 0. The molecule has 0 aliphatic heterocycles. The van der Waals surface area contributed by atoms with Crippen molar-refractivity contribution in [3.63, 3.8) is 0 Å². The first kappa shape index (κ1) is 19.8. The van der Waals surface area contributed by atoms with E-state index in [4.69, 9.17) is 9.97 Å². The Labute approximate surface area is 182 Å². The van der Waals surface area contributed by atoms with Crippen LogP contribution in [0.1, 0.15) is 18.2 Å². The van der Waals surface area contributed by atoms with Crippen molar-refractivity contribution >= 4 is 51.2 Å². The third-order valence-electron chi connectivity index (χ3n) is 4.20. The molecule has 0 saturated carbocycles. The number of benzene rings is 2. The molecule has 0 radical (unpaired) electrons. The van der Waals surface area contributed by atoms with Gasteiger partial charge in [0, 0.05) is 29.0 Å². The Bertz CT molecular complexity index is 1120. The summed E-state index contributed by atoms with van der Waals surface area (Å²) >= 11 is 4.80. The number of nitrogens with zero attached hydrogens (tertiary/aromatic N) is 3. The van der Waals surface area contributed by atoms with Gasteiger partial charge in [-0.25, -0.2) is 9.97 Å². The van der Waals surface area contributed by atoms with Crippen LogP contribution in [-0.2, 0) is 10.5 Å². The number of thiazole rings is 2. The Morgan fingerprint density at radius 2 is 1.86 bits per heavy atom. The number of aromatic nitrogens is 2. The zero-order chi connectivity index (χ0) is 20.2. The van der Waals surface area contributed by atoms with Gasteiger partial charge < -0.3 is 0 Å². The summed E-state index contributed by atoms with van der Waals surface area (Å²) in [5.74, 6) is 0.675. The average Bonchev–Trinajstić information content (AvgIpc) is 3.37. The minimum atomic E-state index is -0.0448. The first-order chi connectivity index (χ1) is 14.1. The number of anilines is 2. The number of rotatable bonds is 6. The quantitative estimate of drug-likeness (QED) is 0.321. The highest BCUT2D eigenvalue weighted by Crippen LogP contribution is 2.33. The summed E-state index contributed by atoms with van der Waals surface area (Å²) in [5, 5.41) is 4.79. The van der Waals surface area contributed by atoms with Crippen molar-refractivity contribution in [3.8, 4) is 11.3 Å². The van der Waals surface area contributed by atoms with Crippen molar-refractivity contribution in [1.82, 2.24) is 9.97 Å². The van der Waals surface area contributed by atoms with Crippen molar-refractivity contribution in [2.75, 3.05) is 4.90 Å². The van der Waals surface area contributed by atoms with Crippen LogP contribution in [0.2, 0.25) is 0 Å². The number of carbonyl (C=O) groups excluding carboxylic acids is 1. The van der Waals surface area contributed by atoms with Crippen LogP contribution in [0, 0.1) is 6.92 Å². The molecule has 0 aliphatic rings. The van der Waals surface area contributed by atoms with Crippen LogP contribution < -0.4 is 4.90 Å². The van der Waals surface area contributed by atoms with Gasteiger partial charge in [-0.3, -0.25) is 9.69 Å². The first-order valence-corrected chi connectivity index (χ1v) is 11.8. The number of carbonyl (C=O) groups is 1. The van der Waals surface area contributed by atoms with Crippen LogP contribution in [0.3, 0.4) is 0 Å². The van der Waals surface area contributed by atoms with Crippen molar-refractivity contribution < 1.29 is 4.79 Å². The minimum Gasteiger partial charge on any atom is -0.274 e. The van der Waals surface area contributed by atoms with Gasteiger partial charge in [-0.15, -0.1) is 22.7 Å². The van der Waals surface area contributed by atoms with Gasteiger partial charge in [0.05, 0.1) is 17.1 Å². The van der Waals surface area contributed by atoms with E-state index in [9.17, 15) is 4.79 Å². The van der Waals surface area contributed by atoms with Crippen molar-refractivity contribution in [2.24, 2.45) is 0 Å². The molecule has 0 N–H and O–H groups in total. The van der Waals surface area contributed by atoms with Crippen LogP contribution in [0.15, 0.2) is 69.7 Å². The predicted octanol–water partition coefficient (Wildman–Crippen LogP) is 6.55. The molecule has 1 amide bonds. The Morgan fingerprint density at radius 3 is 2.62 bits per heavy atom. The largest absolute Gasteiger partial charge is 0.274 e. The van der Waals surface area contributed by atoms with Gasteiger partial charge in [0.25, 0.3) is 0 Å². The molecule has 0 fully saturated rings. The lowest BCUT2D eigenvalue weighted by atomic mass is 10.2. The minimum absolute atomic E-state index is 0.0448. The zero-order valence-electron chi connectivity index (χ0n) is 16.0. The predicted molar refractivity (Wildman–Crippen MR) is 123 cm³/mol. The molecular formula is C22H19N3OS3. The van der Waals surface area contributed by atoms with Gasteiger partial charge in [0.1, 0.15) is 0 Å². The summed E-state index contributed by atoms with van der Waals surface area (Å²) in [6, 6.07) is 18.1. The van der Waals surface area contributed by atoms with Gasteiger partial charge in [0.2, 0.25) is 5.91 Å². The number of amides is 1. The maximum atomic E-state index is 12.3. The topological polar surface area (TPSA) is 46.1 Å². The molecule has 4 nitrogen and oxygen atoms in total. The summed E-state index contributed by atoms with van der Waals surface area (Å²) < 4.78 is 1.01. The standard InChI is InChI=1S/C22H19N3OS3/c1-15-7-6-10-19(11-15)25(16(2)26)21-23-18(12-27-21)13-28-22-24-20(14-29-22)17-8-4-3-5-9-17/h3-12,14H,13H2,1-2H3. The summed E-state index contributed by atoms with van der Waals surface area (Å²) in [6.07, 6.45) is 0. The maximum Gasteiger partial charge on any atom is 0.230 e. The van der Waals surface area contributed by atoms with E-state index in [-0.39, 0.29) is 5.91 Å². The summed E-state index contributed by atoms with van der Waals surface area (Å²) in [6.45, 7) is 3.59. The van der Waals surface area contributed by atoms with Crippen LogP contribution in [-0.4, -0.2) is 15.9 Å². The Morgan fingerprint density at radius 1 is 1.03 bits per heavy atom. The van der Waals surface area contributed by atoms with Crippen LogP contribution in [0.4, 0.5) is 10.8 Å². The number of thioether (sulfide) groups is 1. The van der Waals surface area contributed by atoms with Crippen LogP contribution in [0.25, 0.3) is 11.3 Å². The molecular weight excluding hydrogens is 418 g/mol. The number of hydrogen-bond donors (Lipinski definition) is 0. The monoisotopic (exact) mass is 437 g/mol. The fourth-order valence-corrected chi connectivity index (χ4v) is 5.58. The molecule has 0 spiro atoms. The van der Waals surface area contributed by atoms with Gasteiger partial charge in [-0.1, -0.05) is 54.2 Å². The highest BCUT2D eigenvalue weighted by atomic mass is 32.2. The first-order valence-electron chi connectivity index (χ1n) is 9.05. The molecule has 0 aliphatic carbocycles. The molecule has 7 heteroatoms. The maximum absolute atomic E-state index is 12.3. The van der Waals surface area contributed by atoms with E-state index in [0.717, 1.165) is 38.3 Å². The van der Waals surface area contributed by atoms with E-state index >= 15 is 0 Å². The van der Waals surface area contributed by atoms with Gasteiger partial charge in [-0.05, 0) is 24.6 Å². The zero-order valence-corrected chi connectivity index (χ0v) is 18.5. The second kappa shape index (κ2) is 8.90. The van der Waals surface area contributed by atoms with E-state index in [1.54, 1.807) is 34.9 Å². The Kier molecular flexibility index (Phi) is 6.08. The molecule has 0 bridgehead atoms. The number of hydrogen-bond acceptors (Lipinski definition) is 6. The molecule has 2 aromatic heterocycles. The lowest BCUT2D eigenvalue weighted by Crippen LogP contribution is -2.22. The molecule has 146 valence electrons. The molecule has 2 aromatic carbocycles. The van der Waals surface area contributed by atoms with Gasteiger partial charge in [0.15, 0.2) is 9.47 Å². The molecule has 2 heterocycles. The van der Waals surface area contributed by atoms with E-state index in [2.05, 4.69) is 17.5 Å². The van der Waals surface area contributed by atoms with Crippen LogP contribution in [0.5, 0.6) is 0 Å². The smallest absolute Gasteiger partial charge is 0.230 e. The molecule has 4 aromatic rings. The van der Waals surface area contributed by atoms with Gasteiger partial charge in [-0.2, -0.15) is 0 Å². The van der Waals surface area contributed by atoms with E-state index < -0.39 is 0 Å². The SMILES string of the molecule is CC(=O)N(c1cccc(C)c1)c1nc(CSc2nc(-c3ccccc3)cs2)cs1. The lowest BCUT2D eigenvalue weighted by Gasteiger charge is -2.18. The Hall–Kier alpha value is -2.48. The van der Waals surface area contributed by atoms with Crippen molar-refractivity contribution in [2.45, 2.75) is 23.9 Å². The Balaban J connectivity index is 1.46. The highest BCUT2D eigenvalue weighted by Gasteiger charge is 2.18. The van der Waals surface area contributed by atoms with Crippen LogP contribution >= 0.6 is 34.4 Å². The highest BCUT2D eigenvalue weighted by molar-refractivity contribution is 8.00. The van der Waals surface area contributed by atoms with Gasteiger partial charge >= 0.3 is 0 Å². The van der Waals surface area contributed by atoms with E-state index in [1.807, 2.05) is 54.8 Å². The summed E-state index contributed by atoms with van der Waals surface area (Å²) in [5.41, 5.74) is 5.03. The normalized spacial score (nSPS) is 10.8. The molecule has 4 rings (SSSR count). The van der Waals surface area contributed by atoms with E-state index in [0.29, 0.717) is 5.13 Å². The van der Waals surface area contributed by atoms with Crippen molar-refractivity contribution in [3.05, 3.63) is 76.6 Å². The molecule has 0 atom stereocenters. The third kappa shape index (κ3) is 4.75. The number of aryl methyl sites for hydroxylation is 1. The lowest BCUT2D eigenvalue weighted by molar-refractivity contribution is -0.115. The van der Waals surface area contributed by atoms with E-state index in [1.165, 1.54) is 11.3 Å². The molecule has 0 unspecified atom stereocenters. The fourth-order valence-electron chi connectivity index (χ4n) is 2.86. The fraction of sp³-hybridized carbons (Fsp3) is 0.136. The second-order valence-electron chi connectivity index (χ2n) is 6.47. The average molecular weight is 438 g/mol. The molecule has 0 saturated heterocycles.